The highest BCUT2D eigenvalue weighted by molar-refractivity contribution is 5.83. The molecule has 0 unspecified atom stereocenters. The third-order valence-corrected chi connectivity index (χ3v) is 5.85. The molecule has 0 aromatic carbocycles. The standard InChI is InChI=1S/C17H28O3/c1-12(18)20-11-8-13-14(19)6-7-15-16(2,3)9-5-10-17(13,15)4/h13,15H,5-11H2,1-4H3/t13-,15-,17+/m0/s1. The zero-order valence-electron chi connectivity index (χ0n) is 13.3. The minimum Gasteiger partial charge on any atom is -0.466 e. The van der Waals surface area contributed by atoms with Crippen LogP contribution in [0.2, 0.25) is 0 Å². The molecule has 0 spiro atoms. The summed E-state index contributed by atoms with van der Waals surface area (Å²) >= 11 is 0. The first-order valence-corrected chi connectivity index (χ1v) is 7.93. The molecule has 20 heavy (non-hydrogen) atoms. The van der Waals surface area contributed by atoms with Crippen molar-refractivity contribution in [3.05, 3.63) is 0 Å². The van der Waals surface area contributed by atoms with Crippen LogP contribution in [0.25, 0.3) is 0 Å². The van der Waals surface area contributed by atoms with Crippen LogP contribution >= 0.6 is 0 Å². The van der Waals surface area contributed by atoms with Gasteiger partial charge in [0.15, 0.2) is 0 Å². The van der Waals surface area contributed by atoms with E-state index in [1.807, 2.05) is 0 Å². The van der Waals surface area contributed by atoms with E-state index in [2.05, 4.69) is 20.8 Å². The number of Topliss-reactive ketones (excluding diaryl/α,β-unsaturated/α-hetero) is 1. The minimum atomic E-state index is -0.251. The number of carbonyl (C=O) groups excluding carboxylic acids is 2. The second-order valence-corrected chi connectivity index (χ2v) is 7.59. The van der Waals surface area contributed by atoms with E-state index < -0.39 is 0 Å². The predicted octanol–water partition coefficient (Wildman–Crippen LogP) is 3.75. The SMILES string of the molecule is CC(=O)OCC[C@H]1C(=O)CC[C@H]2C(C)(C)CCC[C@]12C. The van der Waals surface area contributed by atoms with E-state index in [0.29, 0.717) is 36.6 Å². The number of ketones is 1. The predicted molar refractivity (Wildman–Crippen MR) is 78.2 cm³/mol. The summed E-state index contributed by atoms with van der Waals surface area (Å²) in [4.78, 5) is 23.3. The summed E-state index contributed by atoms with van der Waals surface area (Å²) in [5.41, 5.74) is 0.421. The van der Waals surface area contributed by atoms with Crippen molar-refractivity contribution in [1.82, 2.24) is 0 Å². The Balaban J connectivity index is 2.15. The molecule has 0 aromatic heterocycles. The Morgan fingerprint density at radius 1 is 1.30 bits per heavy atom. The van der Waals surface area contributed by atoms with E-state index in [4.69, 9.17) is 4.74 Å². The normalized spacial score (nSPS) is 36.3. The van der Waals surface area contributed by atoms with Gasteiger partial charge in [-0.25, -0.2) is 0 Å². The van der Waals surface area contributed by atoms with Gasteiger partial charge in [0.2, 0.25) is 0 Å². The van der Waals surface area contributed by atoms with Gasteiger partial charge in [0.25, 0.3) is 0 Å². The molecule has 3 atom stereocenters. The Labute approximate surface area is 122 Å². The molecule has 0 radical (unpaired) electrons. The number of fused-ring (bicyclic) bond motifs is 1. The van der Waals surface area contributed by atoms with Crippen LogP contribution in [0.1, 0.15) is 66.2 Å². The van der Waals surface area contributed by atoms with Gasteiger partial charge in [-0.1, -0.05) is 27.2 Å². The molecular formula is C17H28O3. The van der Waals surface area contributed by atoms with Crippen LogP contribution in [0, 0.1) is 22.7 Å². The molecule has 2 aliphatic carbocycles. The van der Waals surface area contributed by atoms with E-state index in [0.717, 1.165) is 12.8 Å². The van der Waals surface area contributed by atoms with Crippen LogP contribution in [0.15, 0.2) is 0 Å². The Morgan fingerprint density at radius 2 is 2.00 bits per heavy atom. The lowest BCUT2D eigenvalue weighted by atomic mass is 9.48. The van der Waals surface area contributed by atoms with Crippen LogP contribution in [0.3, 0.4) is 0 Å². The van der Waals surface area contributed by atoms with E-state index >= 15 is 0 Å². The minimum absolute atomic E-state index is 0.0696. The molecule has 2 fully saturated rings. The maximum atomic E-state index is 12.4. The summed E-state index contributed by atoms with van der Waals surface area (Å²) in [5.74, 6) is 0.816. The molecular weight excluding hydrogens is 252 g/mol. The van der Waals surface area contributed by atoms with Crippen molar-refractivity contribution in [3.8, 4) is 0 Å². The fourth-order valence-electron chi connectivity index (χ4n) is 4.94. The summed E-state index contributed by atoms with van der Waals surface area (Å²) in [6.45, 7) is 8.82. The van der Waals surface area contributed by atoms with Crippen molar-refractivity contribution in [1.29, 1.82) is 0 Å². The summed E-state index contributed by atoms with van der Waals surface area (Å²) < 4.78 is 5.08. The molecule has 0 heterocycles. The average Bonchev–Trinajstić information content (AvgIpc) is 2.31. The van der Waals surface area contributed by atoms with Gasteiger partial charge in [-0.3, -0.25) is 9.59 Å². The van der Waals surface area contributed by atoms with Gasteiger partial charge in [-0.2, -0.15) is 0 Å². The molecule has 0 amide bonds. The lowest BCUT2D eigenvalue weighted by Gasteiger charge is -2.56. The molecule has 3 nitrogen and oxygen atoms in total. The maximum absolute atomic E-state index is 12.4. The van der Waals surface area contributed by atoms with Gasteiger partial charge in [0.1, 0.15) is 5.78 Å². The Bertz CT molecular complexity index is 399. The van der Waals surface area contributed by atoms with Gasteiger partial charge in [0, 0.05) is 19.3 Å². The largest absolute Gasteiger partial charge is 0.466 e. The molecule has 3 heteroatoms. The highest BCUT2D eigenvalue weighted by atomic mass is 16.5. The average molecular weight is 280 g/mol. The van der Waals surface area contributed by atoms with Gasteiger partial charge in [0.05, 0.1) is 6.61 Å². The lowest BCUT2D eigenvalue weighted by Crippen LogP contribution is -2.52. The van der Waals surface area contributed by atoms with Crippen LogP contribution in [-0.4, -0.2) is 18.4 Å². The molecule has 2 rings (SSSR count). The van der Waals surface area contributed by atoms with Crippen molar-refractivity contribution in [2.24, 2.45) is 22.7 Å². The Morgan fingerprint density at radius 3 is 2.65 bits per heavy atom. The Hall–Kier alpha value is -0.860. The number of esters is 1. The Kier molecular flexibility index (Phi) is 4.27. The van der Waals surface area contributed by atoms with Crippen molar-refractivity contribution in [2.75, 3.05) is 6.61 Å². The molecule has 0 bridgehead atoms. The van der Waals surface area contributed by atoms with Crippen LogP contribution in [0.5, 0.6) is 0 Å². The topological polar surface area (TPSA) is 43.4 Å². The van der Waals surface area contributed by atoms with E-state index in [1.165, 1.54) is 19.8 Å². The first kappa shape index (κ1) is 15.5. The van der Waals surface area contributed by atoms with Gasteiger partial charge in [-0.05, 0) is 42.4 Å². The highest BCUT2D eigenvalue weighted by Gasteiger charge is 2.54. The van der Waals surface area contributed by atoms with Gasteiger partial charge < -0.3 is 4.74 Å². The second kappa shape index (κ2) is 5.50. The first-order chi connectivity index (χ1) is 9.27. The molecule has 2 saturated carbocycles. The van der Waals surface area contributed by atoms with Crippen molar-refractivity contribution >= 4 is 11.8 Å². The monoisotopic (exact) mass is 280 g/mol. The van der Waals surface area contributed by atoms with Crippen molar-refractivity contribution in [3.63, 3.8) is 0 Å². The quantitative estimate of drug-likeness (QED) is 0.739. The van der Waals surface area contributed by atoms with E-state index in [1.54, 1.807) is 0 Å². The molecule has 2 aliphatic rings. The smallest absolute Gasteiger partial charge is 0.302 e. The van der Waals surface area contributed by atoms with Crippen LogP contribution in [-0.2, 0) is 14.3 Å². The van der Waals surface area contributed by atoms with Crippen LogP contribution in [0.4, 0.5) is 0 Å². The number of hydrogen-bond acceptors (Lipinski definition) is 3. The number of rotatable bonds is 3. The van der Waals surface area contributed by atoms with Crippen molar-refractivity contribution < 1.29 is 14.3 Å². The molecule has 114 valence electrons. The van der Waals surface area contributed by atoms with E-state index in [9.17, 15) is 9.59 Å². The summed E-state index contributed by atoms with van der Waals surface area (Å²) in [5, 5.41) is 0. The molecule has 0 aliphatic heterocycles. The van der Waals surface area contributed by atoms with Gasteiger partial charge in [-0.15, -0.1) is 0 Å². The number of carbonyl (C=O) groups is 2. The fourth-order valence-corrected chi connectivity index (χ4v) is 4.94. The van der Waals surface area contributed by atoms with E-state index in [-0.39, 0.29) is 17.3 Å². The zero-order chi connectivity index (χ0) is 15.0. The highest BCUT2D eigenvalue weighted by Crippen LogP contribution is 2.59. The summed E-state index contributed by atoms with van der Waals surface area (Å²) in [6, 6.07) is 0. The third kappa shape index (κ3) is 2.77. The second-order valence-electron chi connectivity index (χ2n) is 7.59. The first-order valence-electron chi connectivity index (χ1n) is 7.93. The molecule has 0 N–H and O–H groups in total. The third-order valence-electron chi connectivity index (χ3n) is 5.85. The van der Waals surface area contributed by atoms with Crippen molar-refractivity contribution in [2.45, 2.75) is 66.2 Å². The summed E-state index contributed by atoms with van der Waals surface area (Å²) in [7, 11) is 0. The zero-order valence-corrected chi connectivity index (χ0v) is 13.3. The maximum Gasteiger partial charge on any atom is 0.302 e. The fraction of sp³-hybridized carbons (Fsp3) is 0.882. The molecule has 0 saturated heterocycles. The number of ether oxygens (including phenoxy) is 1. The van der Waals surface area contributed by atoms with Crippen LogP contribution < -0.4 is 0 Å². The molecule has 0 aromatic rings. The van der Waals surface area contributed by atoms with Gasteiger partial charge >= 0.3 is 5.97 Å². The number of hydrogen-bond donors (Lipinski definition) is 0. The lowest BCUT2D eigenvalue weighted by molar-refractivity contribution is -0.150. The summed E-state index contributed by atoms with van der Waals surface area (Å²) in [6.07, 6.45) is 6.04.